The molecule has 0 spiro atoms. The topological polar surface area (TPSA) is 68.1 Å². The molecule has 0 aliphatic carbocycles. The van der Waals surface area contributed by atoms with E-state index in [2.05, 4.69) is 17.1 Å². The number of hydrogen-bond acceptors (Lipinski definition) is 4. The Labute approximate surface area is 137 Å². The van der Waals surface area contributed by atoms with E-state index in [1.54, 1.807) is 22.8 Å². The van der Waals surface area contributed by atoms with Crippen molar-refractivity contribution in [2.45, 2.75) is 44.0 Å². The maximum atomic E-state index is 12.8. The molecule has 1 fully saturated rings. The molecule has 0 saturated carbocycles. The Morgan fingerprint density at radius 2 is 2.00 bits per heavy atom. The van der Waals surface area contributed by atoms with E-state index in [9.17, 15) is 8.42 Å². The second-order valence-electron chi connectivity index (χ2n) is 5.98. The predicted molar refractivity (Wildman–Crippen MR) is 87.6 cm³/mol. The van der Waals surface area contributed by atoms with Gasteiger partial charge in [-0.15, -0.1) is 10.2 Å². The van der Waals surface area contributed by atoms with Gasteiger partial charge in [0, 0.05) is 13.1 Å². The first-order valence-corrected chi connectivity index (χ1v) is 9.41. The summed E-state index contributed by atoms with van der Waals surface area (Å²) >= 11 is 0. The van der Waals surface area contributed by atoms with Gasteiger partial charge in [-0.25, -0.2) is 8.42 Å². The number of sulfonamides is 1. The maximum absolute atomic E-state index is 12.8. The largest absolute Gasteiger partial charge is 0.313 e. The van der Waals surface area contributed by atoms with Crippen molar-refractivity contribution >= 4 is 10.0 Å². The van der Waals surface area contributed by atoms with Crippen LogP contribution in [0.15, 0.2) is 35.5 Å². The van der Waals surface area contributed by atoms with Gasteiger partial charge in [-0.2, -0.15) is 4.31 Å². The summed E-state index contributed by atoms with van der Waals surface area (Å²) in [6, 6.07) is 7.37. The Hall–Kier alpha value is -1.73. The first kappa shape index (κ1) is 16.1. The molecule has 7 heteroatoms. The first-order chi connectivity index (χ1) is 11.0. The molecule has 3 rings (SSSR count). The second-order valence-corrected chi connectivity index (χ2v) is 7.92. The summed E-state index contributed by atoms with van der Waals surface area (Å²) in [4.78, 5) is 0.374. The SMILES string of the molecule is CCCc1ccc(S(=O)(=O)N2CCC(n3cnnc3C)C2)cc1. The van der Waals surface area contributed by atoms with E-state index in [1.165, 1.54) is 5.56 Å². The molecule has 1 aliphatic rings. The molecule has 1 aromatic carbocycles. The minimum atomic E-state index is -3.43. The highest BCUT2D eigenvalue weighted by Gasteiger charge is 2.33. The van der Waals surface area contributed by atoms with Crippen molar-refractivity contribution in [2.24, 2.45) is 0 Å². The molecule has 23 heavy (non-hydrogen) atoms. The van der Waals surface area contributed by atoms with E-state index >= 15 is 0 Å². The Morgan fingerprint density at radius 3 is 2.61 bits per heavy atom. The van der Waals surface area contributed by atoms with Crippen LogP contribution in [0.1, 0.15) is 37.2 Å². The zero-order valence-electron chi connectivity index (χ0n) is 13.5. The van der Waals surface area contributed by atoms with Gasteiger partial charge in [0.2, 0.25) is 10.0 Å². The smallest absolute Gasteiger partial charge is 0.243 e. The van der Waals surface area contributed by atoms with Crippen LogP contribution in [0.25, 0.3) is 0 Å². The van der Waals surface area contributed by atoms with Crippen LogP contribution in [0.5, 0.6) is 0 Å². The third kappa shape index (κ3) is 3.16. The monoisotopic (exact) mass is 334 g/mol. The highest BCUT2D eigenvalue weighted by molar-refractivity contribution is 7.89. The van der Waals surface area contributed by atoms with Gasteiger partial charge in [0.1, 0.15) is 12.2 Å². The third-order valence-electron chi connectivity index (χ3n) is 4.37. The fourth-order valence-electron chi connectivity index (χ4n) is 3.08. The zero-order valence-corrected chi connectivity index (χ0v) is 14.3. The number of aryl methyl sites for hydroxylation is 2. The van der Waals surface area contributed by atoms with Gasteiger partial charge < -0.3 is 4.57 Å². The van der Waals surface area contributed by atoms with Crippen LogP contribution in [-0.2, 0) is 16.4 Å². The Kier molecular flexibility index (Phi) is 4.50. The first-order valence-electron chi connectivity index (χ1n) is 7.97. The number of nitrogens with zero attached hydrogens (tertiary/aromatic N) is 4. The van der Waals surface area contributed by atoms with Gasteiger partial charge in [0.15, 0.2) is 0 Å². The molecular weight excluding hydrogens is 312 g/mol. The normalized spacial score (nSPS) is 19.3. The van der Waals surface area contributed by atoms with Crippen molar-refractivity contribution in [2.75, 3.05) is 13.1 Å². The Bertz CT molecular complexity index is 768. The van der Waals surface area contributed by atoms with Crippen LogP contribution < -0.4 is 0 Å². The van der Waals surface area contributed by atoms with Crippen LogP contribution in [-0.4, -0.2) is 40.6 Å². The molecular formula is C16H22N4O2S. The van der Waals surface area contributed by atoms with Crippen LogP contribution in [0.4, 0.5) is 0 Å². The summed E-state index contributed by atoms with van der Waals surface area (Å²) in [7, 11) is -3.43. The lowest BCUT2D eigenvalue weighted by Gasteiger charge is -2.17. The van der Waals surface area contributed by atoms with Gasteiger partial charge in [-0.05, 0) is 37.5 Å². The molecule has 1 aliphatic heterocycles. The lowest BCUT2D eigenvalue weighted by Crippen LogP contribution is -2.29. The molecule has 2 heterocycles. The Balaban J connectivity index is 1.77. The average Bonchev–Trinajstić information content (AvgIpc) is 3.17. The molecule has 0 N–H and O–H groups in total. The summed E-state index contributed by atoms with van der Waals surface area (Å²) in [5.41, 5.74) is 1.17. The average molecular weight is 334 g/mol. The minimum Gasteiger partial charge on any atom is -0.313 e. The van der Waals surface area contributed by atoms with E-state index in [1.807, 2.05) is 23.6 Å². The van der Waals surface area contributed by atoms with Crippen LogP contribution in [0.3, 0.4) is 0 Å². The number of rotatable bonds is 5. The van der Waals surface area contributed by atoms with Crippen molar-refractivity contribution < 1.29 is 8.42 Å². The van der Waals surface area contributed by atoms with Gasteiger partial charge in [-0.1, -0.05) is 25.5 Å². The fourth-order valence-corrected chi connectivity index (χ4v) is 4.57. The predicted octanol–water partition coefficient (Wildman–Crippen LogP) is 2.17. The van der Waals surface area contributed by atoms with Gasteiger partial charge in [0.05, 0.1) is 10.9 Å². The molecule has 0 bridgehead atoms. The van der Waals surface area contributed by atoms with E-state index in [-0.39, 0.29) is 6.04 Å². The highest BCUT2D eigenvalue weighted by atomic mass is 32.2. The van der Waals surface area contributed by atoms with Crippen molar-refractivity contribution in [3.05, 3.63) is 42.0 Å². The number of hydrogen-bond donors (Lipinski definition) is 0. The summed E-state index contributed by atoms with van der Waals surface area (Å²) in [6.45, 7) is 5.00. The Morgan fingerprint density at radius 1 is 1.26 bits per heavy atom. The summed E-state index contributed by atoms with van der Waals surface area (Å²) in [5.74, 6) is 0.818. The van der Waals surface area contributed by atoms with E-state index < -0.39 is 10.0 Å². The molecule has 1 unspecified atom stereocenters. The quantitative estimate of drug-likeness (QED) is 0.840. The molecule has 124 valence electrons. The summed E-state index contributed by atoms with van der Waals surface area (Å²) < 4.78 is 29.1. The number of aromatic nitrogens is 3. The second kappa shape index (κ2) is 6.41. The van der Waals surface area contributed by atoms with E-state index in [4.69, 9.17) is 0 Å². The molecule has 2 aromatic rings. The third-order valence-corrected chi connectivity index (χ3v) is 6.25. The van der Waals surface area contributed by atoms with Gasteiger partial charge in [-0.3, -0.25) is 0 Å². The highest BCUT2D eigenvalue weighted by Crippen LogP contribution is 2.28. The zero-order chi connectivity index (χ0) is 16.4. The molecule has 0 amide bonds. The summed E-state index contributed by atoms with van der Waals surface area (Å²) in [6.07, 6.45) is 4.49. The van der Waals surface area contributed by atoms with E-state index in [0.29, 0.717) is 18.0 Å². The molecule has 6 nitrogen and oxygen atoms in total. The standard InChI is InChI=1S/C16H22N4O2S/c1-3-4-14-5-7-16(8-6-14)23(21,22)19-10-9-15(11-19)20-12-17-18-13(20)2/h5-8,12,15H,3-4,9-11H2,1-2H3. The van der Waals surface area contributed by atoms with Crippen molar-refractivity contribution in [3.8, 4) is 0 Å². The minimum absolute atomic E-state index is 0.110. The van der Waals surface area contributed by atoms with Gasteiger partial charge in [0.25, 0.3) is 0 Å². The fraction of sp³-hybridized carbons (Fsp3) is 0.500. The molecule has 0 radical (unpaired) electrons. The van der Waals surface area contributed by atoms with Crippen LogP contribution in [0.2, 0.25) is 0 Å². The summed E-state index contributed by atoms with van der Waals surface area (Å²) in [5, 5.41) is 7.86. The van der Waals surface area contributed by atoms with Crippen LogP contribution >= 0.6 is 0 Å². The lowest BCUT2D eigenvalue weighted by molar-refractivity contribution is 0.448. The van der Waals surface area contributed by atoms with Crippen molar-refractivity contribution in [1.29, 1.82) is 0 Å². The van der Waals surface area contributed by atoms with Gasteiger partial charge >= 0.3 is 0 Å². The molecule has 1 saturated heterocycles. The maximum Gasteiger partial charge on any atom is 0.243 e. The van der Waals surface area contributed by atoms with E-state index in [0.717, 1.165) is 25.1 Å². The van der Waals surface area contributed by atoms with Crippen LogP contribution in [0, 0.1) is 6.92 Å². The number of benzene rings is 1. The molecule has 1 atom stereocenters. The van der Waals surface area contributed by atoms with Crippen molar-refractivity contribution in [1.82, 2.24) is 19.1 Å². The lowest BCUT2D eigenvalue weighted by atomic mass is 10.1. The van der Waals surface area contributed by atoms with Crippen molar-refractivity contribution in [3.63, 3.8) is 0 Å². The molecule has 1 aromatic heterocycles.